The van der Waals surface area contributed by atoms with E-state index < -0.39 is 5.54 Å². The van der Waals surface area contributed by atoms with Crippen LogP contribution in [0.1, 0.15) is 25.7 Å². The first-order valence-electron chi connectivity index (χ1n) is 5.66. The van der Waals surface area contributed by atoms with Crippen LogP contribution in [0.15, 0.2) is 12.7 Å². The number of carbonyl (C=O) groups is 2. The average Bonchev–Trinajstić information content (AvgIpc) is 2.33. The fourth-order valence-electron chi connectivity index (χ4n) is 2.94. The lowest BCUT2D eigenvalue weighted by Crippen LogP contribution is -2.65. The molecule has 0 atom stereocenters. The summed E-state index contributed by atoms with van der Waals surface area (Å²) in [6, 6.07) is 0. The highest BCUT2D eigenvalue weighted by atomic mass is 16.5. The van der Waals surface area contributed by atoms with Gasteiger partial charge in [-0.05, 0) is 25.7 Å². The first kappa shape index (κ1) is 11.2. The van der Waals surface area contributed by atoms with Crippen molar-refractivity contribution in [2.45, 2.75) is 31.2 Å². The summed E-state index contributed by atoms with van der Waals surface area (Å²) in [6.07, 6.45) is 4.74. The molecule has 0 N–H and O–H groups in total. The zero-order chi connectivity index (χ0) is 11.8. The molecule has 2 bridgehead atoms. The van der Waals surface area contributed by atoms with Gasteiger partial charge in [-0.3, -0.25) is 4.79 Å². The monoisotopic (exact) mass is 223 g/mol. The fraction of sp³-hybridized carbons (Fsp3) is 0.667. The standard InChI is InChI=1S/C12H17NO3/c1-3-8-13-10(14)9-4-6-12(13,7-5-9)11(15)16-2/h3,9H,1,4-8H2,2H3. The van der Waals surface area contributed by atoms with Crippen molar-refractivity contribution in [3.05, 3.63) is 12.7 Å². The Morgan fingerprint density at radius 3 is 2.75 bits per heavy atom. The van der Waals surface area contributed by atoms with Crippen LogP contribution < -0.4 is 0 Å². The van der Waals surface area contributed by atoms with Gasteiger partial charge in [0.25, 0.3) is 0 Å². The normalized spacial score (nSPS) is 32.7. The highest BCUT2D eigenvalue weighted by molar-refractivity contribution is 5.92. The third kappa shape index (κ3) is 1.36. The number of ether oxygens (including phenoxy) is 1. The smallest absolute Gasteiger partial charge is 0.331 e. The van der Waals surface area contributed by atoms with Gasteiger partial charge in [0.15, 0.2) is 0 Å². The Hall–Kier alpha value is -1.32. The van der Waals surface area contributed by atoms with Crippen LogP contribution in [-0.4, -0.2) is 36.0 Å². The van der Waals surface area contributed by atoms with Crippen molar-refractivity contribution >= 4 is 11.9 Å². The van der Waals surface area contributed by atoms with Crippen LogP contribution in [0.25, 0.3) is 0 Å². The maximum Gasteiger partial charge on any atom is 0.331 e. The van der Waals surface area contributed by atoms with Crippen LogP contribution in [-0.2, 0) is 14.3 Å². The molecule has 4 heteroatoms. The van der Waals surface area contributed by atoms with Gasteiger partial charge in [0.05, 0.1) is 7.11 Å². The minimum absolute atomic E-state index is 0.0859. The predicted molar refractivity (Wildman–Crippen MR) is 58.6 cm³/mol. The van der Waals surface area contributed by atoms with Crippen LogP contribution in [0.3, 0.4) is 0 Å². The van der Waals surface area contributed by atoms with E-state index in [4.69, 9.17) is 4.74 Å². The molecule has 2 aliphatic heterocycles. The van der Waals surface area contributed by atoms with Crippen molar-refractivity contribution in [3.8, 4) is 0 Å². The number of nitrogens with zero attached hydrogens (tertiary/aromatic N) is 1. The Labute approximate surface area is 95.2 Å². The van der Waals surface area contributed by atoms with E-state index in [9.17, 15) is 9.59 Å². The molecule has 0 unspecified atom stereocenters. The van der Waals surface area contributed by atoms with Crippen LogP contribution in [0.2, 0.25) is 0 Å². The van der Waals surface area contributed by atoms with Gasteiger partial charge in [-0.2, -0.15) is 0 Å². The summed E-state index contributed by atoms with van der Waals surface area (Å²) in [5.74, 6) is -0.0878. The average molecular weight is 223 g/mol. The number of amides is 1. The second-order valence-electron chi connectivity index (χ2n) is 4.53. The maximum atomic E-state index is 12.1. The van der Waals surface area contributed by atoms with Crippen molar-refractivity contribution in [1.82, 2.24) is 4.90 Å². The van der Waals surface area contributed by atoms with Crippen LogP contribution >= 0.6 is 0 Å². The van der Waals surface area contributed by atoms with Crippen molar-refractivity contribution in [2.24, 2.45) is 5.92 Å². The van der Waals surface area contributed by atoms with Crippen molar-refractivity contribution in [3.63, 3.8) is 0 Å². The zero-order valence-electron chi connectivity index (χ0n) is 9.57. The van der Waals surface area contributed by atoms with Gasteiger partial charge >= 0.3 is 5.97 Å². The van der Waals surface area contributed by atoms with E-state index in [0.717, 1.165) is 25.7 Å². The molecule has 0 spiro atoms. The van der Waals surface area contributed by atoms with Crippen LogP contribution in [0.5, 0.6) is 0 Å². The number of rotatable bonds is 3. The second-order valence-corrected chi connectivity index (χ2v) is 4.53. The van der Waals surface area contributed by atoms with Gasteiger partial charge < -0.3 is 9.64 Å². The fourth-order valence-corrected chi connectivity index (χ4v) is 2.94. The predicted octanol–water partition coefficient (Wildman–Crippen LogP) is 1.12. The van der Waals surface area contributed by atoms with E-state index in [0.29, 0.717) is 6.54 Å². The Bertz CT molecular complexity index is 329. The SMILES string of the molecule is C=CCN1C(=O)C2CCC1(C(=O)OC)CC2. The van der Waals surface area contributed by atoms with E-state index in [1.807, 2.05) is 0 Å². The Kier molecular flexibility index (Phi) is 2.74. The number of methoxy groups -OCH3 is 1. The molecular weight excluding hydrogens is 206 g/mol. The topological polar surface area (TPSA) is 46.6 Å². The molecule has 2 heterocycles. The summed E-state index contributed by atoms with van der Waals surface area (Å²) in [7, 11) is 1.38. The van der Waals surface area contributed by atoms with E-state index in [-0.39, 0.29) is 17.8 Å². The summed E-state index contributed by atoms with van der Waals surface area (Å²) in [5.41, 5.74) is -0.714. The van der Waals surface area contributed by atoms with Gasteiger partial charge in [0, 0.05) is 12.5 Å². The maximum absolute atomic E-state index is 12.1. The highest BCUT2D eigenvalue weighted by Gasteiger charge is 2.55. The van der Waals surface area contributed by atoms with E-state index in [1.165, 1.54) is 7.11 Å². The van der Waals surface area contributed by atoms with Gasteiger partial charge in [-0.1, -0.05) is 6.08 Å². The van der Waals surface area contributed by atoms with E-state index >= 15 is 0 Å². The minimum Gasteiger partial charge on any atom is -0.467 e. The van der Waals surface area contributed by atoms with E-state index in [1.54, 1.807) is 11.0 Å². The lowest BCUT2D eigenvalue weighted by molar-refractivity contribution is -0.175. The second kappa shape index (κ2) is 3.92. The molecule has 0 aromatic carbocycles. The molecule has 3 rings (SSSR count). The lowest BCUT2D eigenvalue weighted by atomic mass is 9.70. The van der Waals surface area contributed by atoms with E-state index in [2.05, 4.69) is 6.58 Å². The molecule has 3 fully saturated rings. The molecule has 1 aliphatic carbocycles. The van der Waals surface area contributed by atoms with Crippen LogP contribution in [0.4, 0.5) is 0 Å². The number of hydrogen-bond acceptors (Lipinski definition) is 3. The van der Waals surface area contributed by atoms with Gasteiger partial charge in [-0.25, -0.2) is 4.79 Å². The molecule has 88 valence electrons. The van der Waals surface area contributed by atoms with Gasteiger partial charge in [-0.15, -0.1) is 6.58 Å². The number of fused-ring (bicyclic) bond motifs is 3. The molecule has 1 amide bonds. The Balaban J connectivity index is 2.34. The minimum atomic E-state index is -0.714. The Morgan fingerprint density at radius 2 is 2.25 bits per heavy atom. The number of carbonyl (C=O) groups excluding carboxylic acids is 2. The highest BCUT2D eigenvalue weighted by Crippen LogP contribution is 2.44. The molecule has 2 saturated heterocycles. The lowest BCUT2D eigenvalue weighted by Gasteiger charge is -2.51. The summed E-state index contributed by atoms with van der Waals surface area (Å²) in [5, 5.41) is 0. The van der Waals surface area contributed by atoms with Crippen molar-refractivity contribution in [2.75, 3.05) is 13.7 Å². The molecule has 3 aliphatic rings. The molecule has 4 nitrogen and oxygen atoms in total. The third-order valence-corrected chi connectivity index (χ3v) is 3.82. The van der Waals surface area contributed by atoms with Gasteiger partial charge in [0.1, 0.15) is 5.54 Å². The quantitative estimate of drug-likeness (QED) is 0.532. The zero-order valence-corrected chi connectivity index (χ0v) is 9.57. The summed E-state index contributed by atoms with van der Waals surface area (Å²) in [4.78, 5) is 25.7. The molecule has 0 radical (unpaired) electrons. The van der Waals surface area contributed by atoms with Crippen molar-refractivity contribution < 1.29 is 14.3 Å². The van der Waals surface area contributed by atoms with Gasteiger partial charge in [0.2, 0.25) is 5.91 Å². The van der Waals surface area contributed by atoms with Crippen molar-refractivity contribution in [1.29, 1.82) is 0 Å². The summed E-state index contributed by atoms with van der Waals surface area (Å²) >= 11 is 0. The molecule has 1 saturated carbocycles. The molecule has 16 heavy (non-hydrogen) atoms. The summed E-state index contributed by atoms with van der Waals surface area (Å²) in [6.45, 7) is 4.08. The number of hydrogen-bond donors (Lipinski definition) is 0. The van der Waals surface area contributed by atoms with Crippen LogP contribution in [0, 0.1) is 5.92 Å². The third-order valence-electron chi connectivity index (χ3n) is 3.82. The molecule has 0 aromatic heterocycles. The summed E-state index contributed by atoms with van der Waals surface area (Å²) < 4.78 is 4.87. The first-order valence-corrected chi connectivity index (χ1v) is 5.66. The number of esters is 1. The Morgan fingerprint density at radius 1 is 1.62 bits per heavy atom. The molecular formula is C12H17NO3. The first-order chi connectivity index (χ1) is 7.65. The number of piperidine rings is 2. The largest absolute Gasteiger partial charge is 0.467 e. The molecule has 0 aromatic rings.